The van der Waals surface area contributed by atoms with Gasteiger partial charge in [0.25, 0.3) is 0 Å². The van der Waals surface area contributed by atoms with E-state index in [-0.39, 0.29) is 5.56 Å². The molecule has 2 aromatic carbocycles. The van der Waals surface area contributed by atoms with Gasteiger partial charge in [-0.25, -0.2) is 9.48 Å². The highest BCUT2D eigenvalue weighted by molar-refractivity contribution is 6.42. The van der Waals surface area contributed by atoms with Gasteiger partial charge in [-0.3, -0.25) is 0 Å². The Labute approximate surface area is 136 Å². The van der Waals surface area contributed by atoms with Crippen LogP contribution in [-0.4, -0.2) is 20.9 Å². The van der Waals surface area contributed by atoms with Crippen LogP contribution in [0, 0.1) is 0 Å². The fourth-order valence-electron chi connectivity index (χ4n) is 2.05. The quantitative estimate of drug-likeness (QED) is 0.765. The van der Waals surface area contributed by atoms with E-state index in [2.05, 4.69) is 5.10 Å². The van der Waals surface area contributed by atoms with Gasteiger partial charge in [0.2, 0.25) is 0 Å². The average Bonchev–Trinajstić information content (AvgIpc) is 3.00. The molecule has 0 atom stereocenters. The minimum absolute atomic E-state index is 0.251. The van der Waals surface area contributed by atoms with Gasteiger partial charge in [-0.15, -0.1) is 0 Å². The molecular weight excluding hydrogens is 323 g/mol. The van der Waals surface area contributed by atoms with Crippen molar-refractivity contribution in [2.75, 3.05) is 0 Å². The third-order valence-electron chi connectivity index (χ3n) is 3.22. The number of aromatic nitrogens is 2. The van der Waals surface area contributed by atoms with E-state index in [0.29, 0.717) is 10.0 Å². The predicted molar refractivity (Wildman–Crippen MR) is 86.0 cm³/mol. The molecule has 0 amide bonds. The number of rotatable bonds is 3. The van der Waals surface area contributed by atoms with Gasteiger partial charge in [-0.1, -0.05) is 35.3 Å². The Bertz CT molecular complexity index is 842. The van der Waals surface area contributed by atoms with E-state index in [0.717, 1.165) is 16.8 Å². The van der Waals surface area contributed by atoms with Crippen LogP contribution in [0.4, 0.5) is 0 Å². The van der Waals surface area contributed by atoms with Gasteiger partial charge >= 0.3 is 5.97 Å². The van der Waals surface area contributed by atoms with E-state index < -0.39 is 5.97 Å². The second-order valence-corrected chi connectivity index (χ2v) is 5.47. The van der Waals surface area contributed by atoms with Crippen LogP contribution in [0.25, 0.3) is 16.8 Å². The molecular formula is C16H10Cl2N2O2. The zero-order chi connectivity index (χ0) is 15.7. The molecule has 0 unspecified atom stereocenters. The number of nitrogens with zero attached hydrogens (tertiary/aromatic N) is 2. The SMILES string of the molecule is O=C(O)c1ccc(-c2cnn(-c3ccc(Cl)c(Cl)c3)c2)cc1. The maximum atomic E-state index is 10.9. The summed E-state index contributed by atoms with van der Waals surface area (Å²) in [5, 5.41) is 14.1. The largest absolute Gasteiger partial charge is 0.478 e. The molecule has 1 heterocycles. The molecule has 0 saturated carbocycles. The van der Waals surface area contributed by atoms with E-state index in [1.165, 1.54) is 0 Å². The smallest absolute Gasteiger partial charge is 0.335 e. The van der Waals surface area contributed by atoms with Gasteiger partial charge in [-0.05, 0) is 35.9 Å². The number of carboxylic acid groups (broad SMARTS) is 1. The van der Waals surface area contributed by atoms with Crippen LogP contribution in [0.3, 0.4) is 0 Å². The number of hydrogen-bond acceptors (Lipinski definition) is 2. The number of aromatic carboxylic acids is 1. The topological polar surface area (TPSA) is 55.1 Å². The number of carbonyl (C=O) groups is 1. The van der Waals surface area contributed by atoms with Crippen molar-refractivity contribution >= 4 is 29.2 Å². The lowest BCUT2D eigenvalue weighted by Gasteiger charge is -2.03. The van der Waals surface area contributed by atoms with E-state index in [1.807, 2.05) is 12.3 Å². The zero-order valence-corrected chi connectivity index (χ0v) is 12.7. The summed E-state index contributed by atoms with van der Waals surface area (Å²) in [7, 11) is 0. The molecule has 0 bridgehead atoms. The fraction of sp³-hybridized carbons (Fsp3) is 0. The molecule has 4 nitrogen and oxygen atoms in total. The molecule has 1 N–H and O–H groups in total. The maximum Gasteiger partial charge on any atom is 0.335 e. The lowest BCUT2D eigenvalue weighted by Crippen LogP contribution is -1.95. The molecule has 6 heteroatoms. The molecule has 110 valence electrons. The third kappa shape index (κ3) is 2.84. The molecule has 1 aromatic heterocycles. The summed E-state index contributed by atoms with van der Waals surface area (Å²) in [5.41, 5.74) is 2.81. The summed E-state index contributed by atoms with van der Waals surface area (Å²) >= 11 is 11.9. The van der Waals surface area contributed by atoms with Gasteiger partial charge in [-0.2, -0.15) is 5.10 Å². The molecule has 0 aliphatic carbocycles. The molecule has 0 aliphatic heterocycles. The summed E-state index contributed by atoms with van der Waals surface area (Å²) in [5.74, 6) is -0.946. The van der Waals surface area contributed by atoms with E-state index in [4.69, 9.17) is 28.3 Å². The van der Waals surface area contributed by atoms with Crippen LogP contribution < -0.4 is 0 Å². The highest BCUT2D eigenvalue weighted by Crippen LogP contribution is 2.26. The molecule has 0 saturated heterocycles. The lowest BCUT2D eigenvalue weighted by molar-refractivity contribution is 0.0697. The molecule has 0 spiro atoms. The molecule has 0 fully saturated rings. The van der Waals surface area contributed by atoms with Gasteiger partial charge in [0.1, 0.15) is 0 Å². The Balaban J connectivity index is 1.93. The van der Waals surface area contributed by atoms with Gasteiger partial charge < -0.3 is 5.11 Å². The minimum atomic E-state index is -0.946. The second-order valence-electron chi connectivity index (χ2n) is 4.65. The van der Waals surface area contributed by atoms with Crippen LogP contribution in [0.1, 0.15) is 10.4 Å². The first-order valence-electron chi connectivity index (χ1n) is 6.38. The maximum absolute atomic E-state index is 10.9. The van der Waals surface area contributed by atoms with Crippen LogP contribution in [0.5, 0.6) is 0 Å². The van der Waals surface area contributed by atoms with Crippen LogP contribution in [-0.2, 0) is 0 Å². The lowest BCUT2D eigenvalue weighted by atomic mass is 10.1. The molecule has 22 heavy (non-hydrogen) atoms. The highest BCUT2D eigenvalue weighted by atomic mass is 35.5. The first-order valence-corrected chi connectivity index (χ1v) is 7.14. The first-order chi connectivity index (χ1) is 10.5. The summed E-state index contributed by atoms with van der Waals surface area (Å²) < 4.78 is 1.68. The highest BCUT2D eigenvalue weighted by Gasteiger charge is 2.07. The van der Waals surface area contributed by atoms with Crippen molar-refractivity contribution in [2.45, 2.75) is 0 Å². The van der Waals surface area contributed by atoms with Crippen LogP contribution >= 0.6 is 23.2 Å². The summed E-state index contributed by atoms with van der Waals surface area (Å²) in [6.45, 7) is 0. The van der Waals surface area contributed by atoms with Crippen LogP contribution in [0.15, 0.2) is 54.9 Å². The van der Waals surface area contributed by atoms with Crippen molar-refractivity contribution < 1.29 is 9.90 Å². The van der Waals surface area contributed by atoms with Gasteiger partial charge in [0.15, 0.2) is 0 Å². The zero-order valence-electron chi connectivity index (χ0n) is 11.2. The monoisotopic (exact) mass is 332 g/mol. The molecule has 3 aromatic rings. The summed E-state index contributed by atoms with van der Waals surface area (Å²) in [6, 6.07) is 11.9. The molecule has 3 rings (SSSR count). The van der Waals surface area contributed by atoms with Crippen molar-refractivity contribution in [3.8, 4) is 16.8 Å². The number of hydrogen-bond donors (Lipinski definition) is 1. The Kier molecular flexibility index (Phi) is 3.88. The summed E-state index contributed by atoms with van der Waals surface area (Å²) in [6.07, 6.45) is 3.55. The van der Waals surface area contributed by atoms with Crippen molar-refractivity contribution in [3.05, 3.63) is 70.5 Å². The number of carboxylic acids is 1. The minimum Gasteiger partial charge on any atom is -0.478 e. The third-order valence-corrected chi connectivity index (χ3v) is 3.95. The standard InChI is InChI=1S/C16H10Cl2N2O2/c17-14-6-5-13(7-15(14)18)20-9-12(8-19-20)10-1-3-11(4-2-10)16(21)22/h1-9H,(H,21,22). The van der Waals surface area contributed by atoms with Crippen molar-refractivity contribution in [2.24, 2.45) is 0 Å². The second kappa shape index (κ2) is 5.83. The predicted octanol–water partition coefficient (Wildman–Crippen LogP) is 4.54. The van der Waals surface area contributed by atoms with E-state index >= 15 is 0 Å². The Morgan fingerprint density at radius 3 is 2.36 bits per heavy atom. The summed E-state index contributed by atoms with van der Waals surface area (Å²) in [4.78, 5) is 10.9. The Morgan fingerprint density at radius 2 is 1.73 bits per heavy atom. The Morgan fingerprint density at radius 1 is 1.00 bits per heavy atom. The number of halogens is 2. The van der Waals surface area contributed by atoms with E-state index in [9.17, 15) is 4.79 Å². The molecule has 0 aliphatic rings. The van der Waals surface area contributed by atoms with Crippen molar-refractivity contribution in [1.82, 2.24) is 9.78 Å². The van der Waals surface area contributed by atoms with Crippen molar-refractivity contribution in [1.29, 1.82) is 0 Å². The van der Waals surface area contributed by atoms with E-state index in [1.54, 1.807) is 47.3 Å². The first kappa shape index (κ1) is 14.6. The van der Waals surface area contributed by atoms with Gasteiger partial charge in [0, 0.05) is 11.8 Å². The Hall–Kier alpha value is -2.30. The van der Waals surface area contributed by atoms with Crippen LogP contribution in [0.2, 0.25) is 10.0 Å². The average molecular weight is 333 g/mol. The molecule has 0 radical (unpaired) electrons. The van der Waals surface area contributed by atoms with Gasteiger partial charge in [0.05, 0.1) is 27.5 Å². The van der Waals surface area contributed by atoms with Crippen molar-refractivity contribution in [3.63, 3.8) is 0 Å². The number of benzene rings is 2. The normalized spacial score (nSPS) is 10.6. The fourth-order valence-corrected chi connectivity index (χ4v) is 2.34.